The Morgan fingerprint density at radius 1 is 1.20 bits per heavy atom. The molecule has 0 fully saturated rings. The number of hydrogen-bond acceptors (Lipinski definition) is 4. The van der Waals surface area contributed by atoms with Crippen molar-refractivity contribution in [1.29, 1.82) is 0 Å². The van der Waals surface area contributed by atoms with Gasteiger partial charge < -0.3 is 9.72 Å². The van der Waals surface area contributed by atoms with Crippen molar-refractivity contribution in [2.75, 3.05) is 6.54 Å². The Labute approximate surface area is 143 Å². The van der Waals surface area contributed by atoms with Crippen molar-refractivity contribution in [3.63, 3.8) is 0 Å². The molecule has 0 aromatic carbocycles. The van der Waals surface area contributed by atoms with Crippen LogP contribution >= 0.6 is 0 Å². The van der Waals surface area contributed by atoms with Crippen LogP contribution in [0.1, 0.15) is 16.2 Å². The number of fused-ring (bicyclic) bond motifs is 1. The number of amides is 1. The van der Waals surface area contributed by atoms with Gasteiger partial charge in [-0.3, -0.25) is 14.9 Å². The highest BCUT2D eigenvalue weighted by atomic mass is 16.1. The molecule has 7 nitrogen and oxygen atoms in total. The normalized spacial score (nSPS) is 10.9. The third-order valence-corrected chi connectivity index (χ3v) is 3.88. The molecule has 124 valence electrons. The molecule has 0 spiro atoms. The quantitative estimate of drug-likeness (QED) is 0.586. The summed E-state index contributed by atoms with van der Waals surface area (Å²) in [5.41, 5.74) is 3.90. The van der Waals surface area contributed by atoms with Crippen LogP contribution in [0.25, 0.3) is 16.9 Å². The first-order valence-corrected chi connectivity index (χ1v) is 7.96. The predicted molar refractivity (Wildman–Crippen MR) is 93.0 cm³/mol. The third-order valence-electron chi connectivity index (χ3n) is 3.88. The molecule has 0 aliphatic rings. The lowest BCUT2D eigenvalue weighted by Gasteiger charge is -2.01. The molecule has 0 atom stereocenters. The van der Waals surface area contributed by atoms with E-state index in [1.165, 1.54) is 0 Å². The number of carbonyl (C=O) groups is 1. The summed E-state index contributed by atoms with van der Waals surface area (Å²) < 4.78 is 1.97. The standard InChI is InChI=1S/C18H16N6O/c25-18(16-11-15(22-23-16)13-4-7-19-8-5-13)20-9-6-14-12-24-10-2-1-3-17(24)21-14/h1-5,7-8,10-12H,6,9H2,(H,20,25)(H,22,23). The van der Waals surface area contributed by atoms with Gasteiger partial charge in [0.2, 0.25) is 0 Å². The van der Waals surface area contributed by atoms with Gasteiger partial charge in [0.05, 0.1) is 11.4 Å². The Morgan fingerprint density at radius 3 is 2.92 bits per heavy atom. The van der Waals surface area contributed by atoms with Crippen LogP contribution in [0.5, 0.6) is 0 Å². The number of aromatic nitrogens is 5. The first-order chi connectivity index (χ1) is 12.3. The van der Waals surface area contributed by atoms with Crippen LogP contribution in [0.15, 0.2) is 61.2 Å². The van der Waals surface area contributed by atoms with Gasteiger partial charge in [-0.1, -0.05) is 6.07 Å². The van der Waals surface area contributed by atoms with Crippen LogP contribution < -0.4 is 5.32 Å². The van der Waals surface area contributed by atoms with E-state index < -0.39 is 0 Å². The molecule has 25 heavy (non-hydrogen) atoms. The SMILES string of the molecule is O=C(NCCc1cn2ccccc2n1)c1cc(-c2ccncc2)n[nH]1. The van der Waals surface area contributed by atoms with Gasteiger partial charge in [0.15, 0.2) is 0 Å². The molecule has 4 rings (SSSR count). The lowest BCUT2D eigenvalue weighted by atomic mass is 10.2. The highest BCUT2D eigenvalue weighted by molar-refractivity contribution is 5.93. The number of H-pyrrole nitrogens is 1. The summed E-state index contributed by atoms with van der Waals surface area (Å²) >= 11 is 0. The smallest absolute Gasteiger partial charge is 0.269 e. The minimum Gasteiger partial charge on any atom is -0.350 e. The number of nitrogens with zero attached hydrogens (tertiary/aromatic N) is 4. The lowest BCUT2D eigenvalue weighted by Crippen LogP contribution is -2.26. The highest BCUT2D eigenvalue weighted by Crippen LogP contribution is 2.16. The highest BCUT2D eigenvalue weighted by Gasteiger charge is 2.11. The predicted octanol–water partition coefficient (Wildman–Crippen LogP) is 2.09. The van der Waals surface area contributed by atoms with Gasteiger partial charge >= 0.3 is 0 Å². The number of imidazole rings is 1. The molecule has 0 saturated carbocycles. The van der Waals surface area contributed by atoms with Crippen LogP contribution in [0.3, 0.4) is 0 Å². The molecule has 2 N–H and O–H groups in total. The molecule has 0 radical (unpaired) electrons. The first kappa shape index (κ1) is 15.1. The monoisotopic (exact) mass is 332 g/mol. The maximum absolute atomic E-state index is 12.2. The molecular formula is C18H16N6O. The molecule has 0 saturated heterocycles. The van der Waals surface area contributed by atoms with E-state index in [1.807, 2.05) is 47.1 Å². The van der Waals surface area contributed by atoms with Crippen LogP contribution in [-0.4, -0.2) is 37.0 Å². The topological polar surface area (TPSA) is 88.0 Å². The van der Waals surface area contributed by atoms with Gasteiger partial charge in [0.25, 0.3) is 5.91 Å². The minimum absolute atomic E-state index is 0.184. The van der Waals surface area contributed by atoms with Gasteiger partial charge in [-0.2, -0.15) is 5.10 Å². The van der Waals surface area contributed by atoms with Gasteiger partial charge in [-0.15, -0.1) is 0 Å². The maximum atomic E-state index is 12.2. The Kier molecular flexibility index (Phi) is 3.96. The molecule has 0 unspecified atom stereocenters. The number of pyridine rings is 2. The van der Waals surface area contributed by atoms with Gasteiger partial charge in [-0.05, 0) is 30.3 Å². The second kappa shape index (κ2) is 6.56. The maximum Gasteiger partial charge on any atom is 0.269 e. The van der Waals surface area contributed by atoms with Crippen molar-refractivity contribution >= 4 is 11.6 Å². The van der Waals surface area contributed by atoms with Crippen molar-refractivity contribution in [1.82, 2.24) is 29.9 Å². The summed E-state index contributed by atoms with van der Waals surface area (Å²) in [5, 5.41) is 9.83. The third kappa shape index (κ3) is 3.25. The van der Waals surface area contributed by atoms with E-state index in [0.29, 0.717) is 24.4 Å². The van der Waals surface area contributed by atoms with Crippen LogP contribution in [0.2, 0.25) is 0 Å². The second-order valence-corrected chi connectivity index (χ2v) is 5.61. The van der Waals surface area contributed by atoms with E-state index in [2.05, 4.69) is 25.5 Å². The number of hydrogen-bond donors (Lipinski definition) is 2. The fraction of sp³-hybridized carbons (Fsp3) is 0.111. The number of aromatic amines is 1. The fourth-order valence-corrected chi connectivity index (χ4v) is 2.62. The van der Waals surface area contributed by atoms with E-state index in [4.69, 9.17) is 0 Å². The van der Waals surface area contributed by atoms with E-state index in [-0.39, 0.29) is 5.91 Å². The Morgan fingerprint density at radius 2 is 2.08 bits per heavy atom. The van der Waals surface area contributed by atoms with E-state index in [9.17, 15) is 4.79 Å². The summed E-state index contributed by atoms with van der Waals surface area (Å²) in [5.74, 6) is -0.184. The summed E-state index contributed by atoms with van der Waals surface area (Å²) in [7, 11) is 0. The molecule has 1 amide bonds. The molecule has 0 bridgehead atoms. The largest absolute Gasteiger partial charge is 0.350 e. The molecule has 7 heteroatoms. The van der Waals surface area contributed by atoms with E-state index >= 15 is 0 Å². The zero-order valence-electron chi connectivity index (χ0n) is 13.4. The minimum atomic E-state index is -0.184. The van der Waals surface area contributed by atoms with Gasteiger partial charge in [-0.25, -0.2) is 4.98 Å². The van der Waals surface area contributed by atoms with Crippen molar-refractivity contribution in [3.05, 3.63) is 72.6 Å². The Balaban J connectivity index is 1.37. The summed E-state index contributed by atoms with van der Waals surface area (Å²) in [6, 6.07) is 11.3. The number of carbonyl (C=O) groups excluding carboxylic acids is 1. The Hall–Kier alpha value is -3.48. The van der Waals surface area contributed by atoms with Crippen molar-refractivity contribution in [3.8, 4) is 11.3 Å². The number of nitrogens with one attached hydrogen (secondary N) is 2. The lowest BCUT2D eigenvalue weighted by molar-refractivity contribution is 0.0949. The molecule has 4 aromatic heterocycles. The molecule has 0 aliphatic carbocycles. The van der Waals surface area contributed by atoms with Crippen molar-refractivity contribution < 1.29 is 4.79 Å². The van der Waals surface area contributed by atoms with Crippen LogP contribution in [0, 0.1) is 0 Å². The van der Waals surface area contributed by atoms with Crippen molar-refractivity contribution in [2.45, 2.75) is 6.42 Å². The first-order valence-electron chi connectivity index (χ1n) is 7.96. The Bertz CT molecular complexity index is 972. The zero-order valence-corrected chi connectivity index (χ0v) is 13.4. The molecule has 4 heterocycles. The van der Waals surface area contributed by atoms with Crippen LogP contribution in [-0.2, 0) is 6.42 Å². The van der Waals surface area contributed by atoms with E-state index in [0.717, 1.165) is 16.9 Å². The fourth-order valence-electron chi connectivity index (χ4n) is 2.62. The number of rotatable bonds is 5. The van der Waals surface area contributed by atoms with Crippen LogP contribution in [0.4, 0.5) is 0 Å². The zero-order chi connectivity index (χ0) is 17.1. The van der Waals surface area contributed by atoms with Gasteiger partial charge in [0.1, 0.15) is 11.3 Å². The average Bonchev–Trinajstić information content (AvgIpc) is 3.29. The molecule has 4 aromatic rings. The second-order valence-electron chi connectivity index (χ2n) is 5.61. The van der Waals surface area contributed by atoms with Crippen molar-refractivity contribution in [2.24, 2.45) is 0 Å². The summed E-state index contributed by atoms with van der Waals surface area (Å²) in [4.78, 5) is 20.7. The van der Waals surface area contributed by atoms with E-state index in [1.54, 1.807) is 18.5 Å². The average molecular weight is 332 g/mol. The molecule has 0 aliphatic heterocycles. The summed E-state index contributed by atoms with van der Waals surface area (Å²) in [6.45, 7) is 0.506. The summed E-state index contributed by atoms with van der Waals surface area (Å²) in [6.07, 6.45) is 7.98. The van der Waals surface area contributed by atoms with Gasteiger partial charge in [0, 0.05) is 43.3 Å². The molecular weight excluding hydrogens is 316 g/mol.